The van der Waals surface area contributed by atoms with E-state index in [2.05, 4.69) is 118 Å². The van der Waals surface area contributed by atoms with Gasteiger partial charge in [0.15, 0.2) is 17.5 Å². The third-order valence-corrected chi connectivity index (χ3v) is 13.5. The van der Waals surface area contributed by atoms with E-state index in [1.54, 1.807) is 0 Å². The van der Waals surface area contributed by atoms with Crippen molar-refractivity contribution in [2.24, 2.45) is 11.8 Å². The number of nitriles is 1. The molecule has 4 bridgehead atoms. The predicted molar refractivity (Wildman–Crippen MR) is 230 cm³/mol. The summed E-state index contributed by atoms with van der Waals surface area (Å²) in [7, 11) is 0. The number of hydrogen-bond acceptors (Lipinski definition) is 4. The lowest BCUT2D eigenvalue weighted by Gasteiger charge is -2.63. The van der Waals surface area contributed by atoms with Gasteiger partial charge in [-0.3, -0.25) is 0 Å². The van der Waals surface area contributed by atoms with Gasteiger partial charge in [-0.15, -0.1) is 0 Å². The quantitative estimate of drug-likeness (QED) is 0.163. The van der Waals surface area contributed by atoms with Crippen LogP contribution in [0.2, 0.25) is 0 Å². The van der Waals surface area contributed by atoms with Gasteiger partial charge < -0.3 is 0 Å². The molecular weight excluding hydrogens is 693 g/mol. The van der Waals surface area contributed by atoms with Crippen LogP contribution in [0.25, 0.3) is 56.4 Å². The molecule has 278 valence electrons. The van der Waals surface area contributed by atoms with Crippen LogP contribution in [-0.2, 0) is 10.8 Å². The van der Waals surface area contributed by atoms with Crippen molar-refractivity contribution in [1.82, 2.24) is 15.0 Å². The maximum Gasteiger partial charge on any atom is 0.164 e. The van der Waals surface area contributed by atoms with Gasteiger partial charge in [-0.1, -0.05) is 121 Å². The molecule has 1 heterocycles. The van der Waals surface area contributed by atoms with Crippen molar-refractivity contribution >= 4 is 0 Å². The van der Waals surface area contributed by atoms with Crippen LogP contribution >= 0.6 is 0 Å². The molecule has 0 aliphatic heterocycles. The van der Waals surface area contributed by atoms with E-state index in [1.807, 2.05) is 48.5 Å². The molecule has 2 atom stereocenters. The van der Waals surface area contributed by atoms with E-state index in [-0.39, 0.29) is 10.8 Å². The SMILES string of the molecule is Cc1cc(C23CC4CC(C2)CC(c2ccc(-c5ccc(-c6nc(-c7ccccc7)nc(-c7ccccc7)n6)cc5C)c(C)c2)(C4)C3)ccc1-c1ccc(C#N)cc1. The largest absolute Gasteiger partial charge is 0.208 e. The van der Waals surface area contributed by atoms with Crippen LogP contribution in [0.15, 0.2) is 140 Å². The summed E-state index contributed by atoms with van der Waals surface area (Å²) < 4.78 is 0. The Morgan fingerprint density at radius 1 is 0.474 bits per heavy atom. The fourth-order valence-corrected chi connectivity index (χ4v) is 11.3. The summed E-state index contributed by atoms with van der Waals surface area (Å²) in [5.74, 6) is 3.59. The van der Waals surface area contributed by atoms with Gasteiger partial charge in [0.05, 0.1) is 11.6 Å². The van der Waals surface area contributed by atoms with Crippen molar-refractivity contribution in [2.75, 3.05) is 0 Å². The summed E-state index contributed by atoms with van der Waals surface area (Å²) in [6.07, 6.45) is 7.85. The summed E-state index contributed by atoms with van der Waals surface area (Å²) >= 11 is 0. The summed E-state index contributed by atoms with van der Waals surface area (Å²) in [6, 6.07) is 51.9. The molecule has 4 nitrogen and oxygen atoms in total. The molecule has 4 saturated carbocycles. The van der Waals surface area contributed by atoms with Crippen LogP contribution in [0, 0.1) is 43.9 Å². The molecule has 0 N–H and O–H groups in total. The minimum atomic E-state index is 0.220. The summed E-state index contributed by atoms with van der Waals surface area (Å²) in [5.41, 5.74) is 16.0. The predicted octanol–water partition coefficient (Wildman–Crippen LogP) is 12.8. The molecule has 57 heavy (non-hydrogen) atoms. The minimum Gasteiger partial charge on any atom is -0.208 e. The van der Waals surface area contributed by atoms with Gasteiger partial charge >= 0.3 is 0 Å². The molecule has 4 aliphatic rings. The summed E-state index contributed by atoms with van der Waals surface area (Å²) in [4.78, 5) is 14.9. The molecule has 0 saturated heterocycles. The number of aryl methyl sites for hydroxylation is 3. The Kier molecular flexibility index (Phi) is 8.52. The maximum absolute atomic E-state index is 9.30. The lowest BCUT2D eigenvalue weighted by molar-refractivity contribution is -0.0281. The van der Waals surface area contributed by atoms with E-state index in [1.165, 1.54) is 88.6 Å². The average Bonchev–Trinajstić information content (AvgIpc) is 3.24. The first-order chi connectivity index (χ1) is 27.8. The Morgan fingerprint density at radius 3 is 1.39 bits per heavy atom. The third-order valence-electron chi connectivity index (χ3n) is 13.5. The first-order valence-electron chi connectivity index (χ1n) is 20.5. The second-order valence-electron chi connectivity index (χ2n) is 17.3. The van der Waals surface area contributed by atoms with Gasteiger partial charge in [0.25, 0.3) is 0 Å². The van der Waals surface area contributed by atoms with E-state index in [0.717, 1.165) is 28.5 Å². The van der Waals surface area contributed by atoms with Crippen LogP contribution in [0.5, 0.6) is 0 Å². The number of rotatable bonds is 7. The second kappa shape index (κ2) is 13.8. The highest BCUT2D eigenvalue weighted by molar-refractivity contribution is 5.75. The third kappa shape index (κ3) is 6.27. The molecule has 0 spiro atoms. The van der Waals surface area contributed by atoms with Crippen LogP contribution in [0.4, 0.5) is 0 Å². The Bertz CT molecular complexity index is 2620. The van der Waals surface area contributed by atoms with Crippen LogP contribution in [-0.4, -0.2) is 15.0 Å². The molecule has 1 aromatic heterocycles. The van der Waals surface area contributed by atoms with E-state index < -0.39 is 0 Å². The second-order valence-corrected chi connectivity index (χ2v) is 17.3. The topological polar surface area (TPSA) is 62.5 Å². The van der Waals surface area contributed by atoms with Crippen molar-refractivity contribution in [2.45, 2.75) is 70.1 Å². The standard InChI is InChI=1S/C53H46N4/c1-34-24-43(51-56-49(41-10-6-4-7-11-41)55-50(57-51)42-12-8-5-9-13-42)18-21-47(34)48-23-20-45(26-36(48)3)53-30-38-27-39(31-53)29-52(28-38,33-53)44-19-22-46(35(2)25-44)40-16-14-37(32-54)15-17-40/h4-26,38-39H,27-31,33H2,1-3H3. The van der Waals surface area contributed by atoms with Crippen molar-refractivity contribution < 1.29 is 0 Å². The molecule has 11 rings (SSSR count). The fraction of sp³-hybridized carbons (Fsp3) is 0.245. The zero-order valence-corrected chi connectivity index (χ0v) is 33.0. The first kappa shape index (κ1) is 35.2. The average molecular weight is 739 g/mol. The van der Waals surface area contributed by atoms with Gasteiger partial charge in [0.2, 0.25) is 0 Å². The normalized spacial score (nSPS) is 22.0. The number of hydrogen-bond donors (Lipinski definition) is 0. The zero-order chi connectivity index (χ0) is 38.7. The fourth-order valence-electron chi connectivity index (χ4n) is 11.3. The maximum atomic E-state index is 9.30. The highest BCUT2D eigenvalue weighted by atomic mass is 15.0. The van der Waals surface area contributed by atoms with E-state index >= 15 is 0 Å². The Labute approximate surface area is 336 Å². The Balaban J connectivity index is 0.955. The molecule has 0 radical (unpaired) electrons. The molecule has 4 fully saturated rings. The van der Waals surface area contributed by atoms with Gasteiger partial charge in [-0.05, 0) is 150 Å². The molecule has 6 aromatic carbocycles. The van der Waals surface area contributed by atoms with E-state index in [9.17, 15) is 5.26 Å². The van der Waals surface area contributed by atoms with Crippen molar-refractivity contribution in [3.8, 4) is 62.5 Å². The van der Waals surface area contributed by atoms with Gasteiger partial charge in [0, 0.05) is 16.7 Å². The Hall–Kier alpha value is -6.18. The van der Waals surface area contributed by atoms with Crippen LogP contribution in [0.3, 0.4) is 0 Å². The van der Waals surface area contributed by atoms with Gasteiger partial charge in [-0.25, -0.2) is 15.0 Å². The van der Waals surface area contributed by atoms with Crippen molar-refractivity contribution in [1.29, 1.82) is 5.26 Å². The molecule has 4 heteroatoms. The number of benzene rings is 6. The number of aromatic nitrogens is 3. The zero-order valence-electron chi connectivity index (χ0n) is 33.0. The van der Waals surface area contributed by atoms with E-state index in [4.69, 9.17) is 15.0 Å². The highest BCUT2D eigenvalue weighted by Gasteiger charge is 2.58. The monoisotopic (exact) mass is 738 g/mol. The Morgan fingerprint density at radius 2 is 0.912 bits per heavy atom. The highest BCUT2D eigenvalue weighted by Crippen LogP contribution is 2.66. The molecule has 2 unspecified atom stereocenters. The van der Waals surface area contributed by atoms with Crippen LogP contribution < -0.4 is 0 Å². The summed E-state index contributed by atoms with van der Waals surface area (Å²) in [5, 5.41) is 9.30. The molecular formula is C53H46N4. The minimum absolute atomic E-state index is 0.220. The van der Waals surface area contributed by atoms with Crippen molar-refractivity contribution in [3.05, 3.63) is 173 Å². The first-order valence-corrected chi connectivity index (χ1v) is 20.5. The van der Waals surface area contributed by atoms with E-state index in [0.29, 0.717) is 23.0 Å². The summed E-state index contributed by atoms with van der Waals surface area (Å²) in [6.45, 7) is 6.77. The smallest absolute Gasteiger partial charge is 0.164 e. The molecule has 4 aliphatic carbocycles. The van der Waals surface area contributed by atoms with Gasteiger partial charge in [0.1, 0.15) is 0 Å². The lowest BCUT2D eigenvalue weighted by atomic mass is 9.41. The van der Waals surface area contributed by atoms with Gasteiger partial charge in [-0.2, -0.15) is 5.26 Å². The van der Waals surface area contributed by atoms with Crippen molar-refractivity contribution in [3.63, 3.8) is 0 Å². The van der Waals surface area contributed by atoms with Crippen LogP contribution in [0.1, 0.15) is 71.9 Å². The lowest BCUT2D eigenvalue weighted by Crippen LogP contribution is -2.56. The molecule has 0 amide bonds. The number of nitrogens with zero attached hydrogens (tertiary/aromatic N) is 4. The molecule has 7 aromatic rings.